The van der Waals surface area contributed by atoms with Crippen molar-refractivity contribution in [1.82, 2.24) is 4.98 Å². The zero-order valence-electron chi connectivity index (χ0n) is 19.3. The van der Waals surface area contributed by atoms with Crippen molar-refractivity contribution in [3.05, 3.63) is 57.4 Å². The van der Waals surface area contributed by atoms with Crippen LogP contribution in [-0.2, 0) is 10.8 Å². The number of aromatic nitrogens is 1. The summed E-state index contributed by atoms with van der Waals surface area (Å²) in [6.45, 7) is 11.0. The van der Waals surface area contributed by atoms with E-state index in [0.717, 1.165) is 46.7 Å². The summed E-state index contributed by atoms with van der Waals surface area (Å²) in [5, 5.41) is 11.1. The van der Waals surface area contributed by atoms with Gasteiger partial charge >= 0.3 is 199 Å². The van der Waals surface area contributed by atoms with Gasteiger partial charge in [0, 0.05) is 0 Å². The van der Waals surface area contributed by atoms with Gasteiger partial charge in [-0.15, -0.1) is 0 Å². The maximum atomic E-state index is 13.4. The molecule has 0 N–H and O–H groups in total. The number of fused-ring (bicyclic) bond motifs is 3. The molecule has 0 atom stereocenters. The first-order valence-corrected chi connectivity index (χ1v) is 13.1. The predicted octanol–water partition coefficient (Wildman–Crippen LogP) is 5.11. The van der Waals surface area contributed by atoms with Crippen molar-refractivity contribution in [1.29, 1.82) is 5.26 Å². The first-order valence-electron chi connectivity index (χ1n) is 11.4. The molecule has 0 fully saturated rings. The normalized spacial score (nSPS) is 18.3. The van der Waals surface area contributed by atoms with Crippen molar-refractivity contribution in [2.24, 2.45) is 0 Å². The molecule has 4 aromatic rings. The molecular weight excluding hydrogens is 477 g/mol. The van der Waals surface area contributed by atoms with Gasteiger partial charge in [-0.1, -0.05) is 0 Å². The summed E-state index contributed by atoms with van der Waals surface area (Å²) in [7, 11) is 0. The van der Waals surface area contributed by atoms with E-state index >= 15 is 0 Å². The van der Waals surface area contributed by atoms with Crippen LogP contribution in [0.2, 0.25) is 0 Å². The molecule has 166 valence electrons. The summed E-state index contributed by atoms with van der Waals surface area (Å²) in [6, 6.07) is 12.4. The average Bonchev–Trinajstić information content (AvgIpc) is 3.19. The molecular formula is C27H25N3O2Se. The van der Waals surface area contributed by atoms with Crippen LogP contribution in [0.15, 0.2) is 39.5 Å². The van der Waals surface area contributed by atoms with Gasteiger partial charge in [0.05, 0.1) is 0 Å². The summed E-state index contributed by atoms with van der Waals surface area (Å²) in [5.74, 6) is 0. The van der Waals surface area contributed by atoms with Crippen LogP contribution in [0.25, 0.3) is 30.9 Å². The average molecular weight is 502 g/mol. The molecule has 0 radical (unpaired) electrons. The first-order chi connectivity index (χ1) is 15.7. The number of nitrogens with zero attached hydrogens (tertiary/aromatic N) is 3. The van der Waals surface area contributed by atoms with Crippen LogP contribution < -0.4 is 10.5 Å². The predicted molar refractivity (Wildman–Crippen MR) is 132 cm³/mol. The Bertz CT molecular complexity index is 1530. The standard InChI is InChI=1S/C27H25N3O2Se/c1-26(2)9-11-30-12-10-27(3,4)21-22(30)17(26)13-15-16(14-28)20(25(31)32-23(15)21)24-29-18-7-5-6-8-19(18)33-24/h5-8,13H,9-12H2,1-4H3. The second kappa shape index (κ2) is 6.82. The zero-order valence-corrected chi connectivity index (χ0v) is 21.0. The van der Waals surface area contributed by atoms with Crippen LogP contribution >= 0.6 is 0 Å². The number of rotatable bonds is 1. The molecule has 2 aliphatic rings. The Labute approximate surface area is 198 Å². The second-order valence-electron chi connectivity index (χ2n) is 10.5. The second-order valence-corrected chi connectivity index (χ2v) is 12.7. The molecule has 2 aliphatic heterocycles. The fourth-order valence-electron chi connectivity index (χ4n) is 5.51. The van der Waals surface area contributed by atoms with E-state index in [1.165, 1.54) is 11.3 Å². The van der Waals surface area contributed by atoms with E-state index in [4.69, 9.17) is 9.40 Å². The molecule has 5 nitrogen and oxygen atoms in total. The van der Waals surface area contributed by atoms with Gasteiger partial charge in [-0.2, -0.15) is 0 Å². The van der Waals surface area contributed by atoms with Gasteiger partial charge in [0.15, 0.2) is 0 Å². The molecule has 6 rings (SSSR count). The number of benzene rings is 2. The van der Waals surface area contributed by atoms with Crippen molar-refractivity contribution in [3.63, 3.8) is 0 Å². The number of hydrogen-bond acceptors (Lipinski definition) is 5. The van der Waals surface area contributed by atoms with Crippen molar-refractivity contribution < 1.29 is 4.42 Å². The molecule has 0 bridgehead atoms. The van der Waals surface area contributed by atoms with Crippen molar-refractivity contribution >= 4 is 40.9 Å². The Morgan fingerprint density at radius 1 is 1.12 bits per heavy atom. The van der Waals surface area contributed by atoms with E-state index in [-0.39, 0.29) is 25.3 Å². The van der Waals surface area contributed by atoms with E-state index < -0.39 is 5.63 Å². The summed E-state index contributed by atoms with van der Waals surface area (Å²) in [4.78, 5) is 20.6. The fraction of sp³-hybridized carbons (Fsp3) is 0.370. The monoisotopic (exact) mass is 503 g/mol. The zero-order chi connectivity index (χ0) is 23.1. The molecule has 0 saturated carbocycles. The Morgan fingerprint density at radius 2 is 1.85 bits per heavy atom. The third kappa shape index (κ3) is 2.89. The summed E-state index contributed by atoms with van der Waals surface area (Å²) in [6.07, 6.45) is 2.04. The number of nitriles is 1. The molecule has 2 aromatic carbocycles. The van der Waals surface area contributed by atoms with Gasteiger partial charge in [0.1, 0.15) is 0 Å². The SMILES string of the molecule is CC1(C)CCN2CCC(C)(C)c3c2c1cc1c(C#N)c(-c2nc4ccccc4[se]2)c(=O)oc31. The topological polar surface area (TPSA) is 70.1 Å². The van der Waals surface area contributed by atoms with Crippen LogP contribution in [0.5, 0.6) is 0 Å². The Kier molecular flexibility index (Phi) is 4.28. The third-order valence-corrected chi connectivity index (χ3v) is 9.74. The van der Waals surface area contributed by atoms with Gasteiger partial charge in [0.2, 0.25) is 0 Å². The van der Waals surface area contributed by atoms with Crippen molar-refractivity contribution in [2.45, 2.75) is 51.4 Å². The number of anilines is 1. The molecule has 0 saturated heterocycles. The van der Waals surface area contributed by atoms with E-state index in [0.29, 0.717) is 21.3 Å². The number of para-hydroxylation sites is 1. The minimum absolute atomic E-state index is 0.0176. The van der Waals surface area contributed by atoms with Crippen LogP contribution in [0.3, 0.4) is 0 Å². The molecule has 4 heterocycles. The Balaban J connectivity index is 1.76. The fourth-order valence-corrected chi connectivity index (χ4v) is 7.62. The molecule has 0 amide bonds. The summed E-state index contributed by atoms with van der Waals surface area (Å²) in [5.41, 5.74) is 5.13. The molecule has 0 unspecified atom stereocenters. The first kappa shape index (κ1) is 20.7. The van der Waals surface area contributed by atoms with Gasteiger partial charge in [0.25, 0.3) is 0 Å². The van der Waals surface area contributed by atoms with Gasteiger partial charge in [-0.25, -0.2) is 0 Å². The minimum atomic E-state index is -0.452. The Hall–Kier alpha value is -2.87. The van der Waals surface area contributed by atoms with Gasteiger partial charge < -0.3 is 0 Å². The Morgan fingerprint density at radius 3 is 2.58 bits per heavy atom. The summed E-state index contributed by atoms with van der Waals surface area (Å²) >= 11 is -0.137. The number of hydrogen-bond donors (Lipinski definition) is 0. The van der Waals surface area contributed by atoms with Crippen LogP contribution in [0, 0.1) is 11.3 Å². The molecule has 0 spiro atoms. The summed E-state index contributed by atoms with van der Waals surface area (Å²) < 4.78 is 7.93. The quantitative estimate of drug-likeness (QED) is 0.267. The van der Waals surface area contributed by atoms with Gasteiger partial charge in [-0.05, 0) is 0 Å². The maximum absolute atomic E-state index is 13.4. The third-order valence-electron chi connectivity index (χ3n) is 7.53. The van der Waals surface area contributed by atoms with Crippen LogP contribution in [0.4, 0.5) is 5.69 Å². The molecule has 0 aliphatic carbocycles. The van der Waals surface area contributed by atoms with E-state index in [2.05, 4.69) is 44.7 Å². The van der Waals surface area contributed by atoms with Crippen LogP contribution in [0.1, 0.15) is 57.2 Å². The van der Waals surface area contributed by atoms with E-state index in [9.17, 15) is 10.1 Å². The molecule has 2 aromatic heterocycles. The molecule has 33 heavy (non-hydrogen) atoms. The van der Waals surface area contributed by atoms with Gasteiger partial charge in [-0.3, -0.25) is 0 Å². The van der Waals surface area contributed by atoms with E-state index in [1.54, 1.807) is 0 Å². The molecule has 6 heteroatoms. The van der Waals surface area contributed by atoms with Crippen molar-refractivity contribution in [2.75, 3.05) is 18.0 Å². The van der Waals surface area contributed by atoms with E-state index in [1.807, 2.05) is 24.3 Å². The van der Waals surface area contributed by atoms with Crippen LogP contribution in [-0.4, -0.2) is 32.6 Å². The van der Waals surface area contributed by atoms with Crippen molar-refractivity contribution in [3.8, 4) is 16.2 Å².